The van der Waals surface area contributed by atoms with Gasteiger partial charge in [0.25, 0.3) is 10.0 Å². The van der Waals surface area contributed by atoms with Crippen molar-refractivity contribution in [3.63, 3.8) is 0 Å². The third kappa shape index (κ3) is 4.61. The number of nitriles is 1. The van der Waals surface area contributed by atoms with Gasteiger partial charge >= 0.3 is 0 Å². The quantitative estimate of drug-likeness (QED) is 0.289. The van der Waals surface area contributed by atoms with E-state index >= 15 is 4.39 Å². The highest BCUT2D eigenvalue weighted by atomic mass is 32.2. The Balaban J connectivity index is 1.89. The molecular weight excluding hydrogens is 474 g/mol. The molecule has 0 bridgehead atoms. The number of nitrogens with zero attached hydrogens (tertiary/aromatic N) is 2. The molecule has 0 aliphatic heterocycles. The second-order valence-corrected chi connectivity index (χ2v) is 9.39. The first-order chi connectivity index (χ1) is 16.8. The Kier molecular flexibility index (Phi) is 6.58. The molecule has 0 N–H and O–H groups in total. The minimum Gasteiger partial charge on any atom is -0.501 e. The second-order valence-electron chi connectivity index (χ2n) is 7.58. The molecule has 1 aromatic heterocycles. The van der Waals surface area contributed by atoms with Gasteiger partial charge in [0.2, 0.25) is 0 Å². The fourth-order valence-corrected chi connectivity index (χ4v) is 4.86. The van der Waals surface area contributed by atoms with Crippen LogP contribution in [0.1, 0.15) is 23.6 Å². The normalized spacial score (nSPS) is 11.6. The van der Waals surface area contributed by atoms with Crippen LogP contribution in [0.15, 0.2) is 72.0 Å². The van der Waals surface area contributed by atoms with Crippen LogP contribution in [0.4, 0.5) is 8.78 Å². The average Bonchev–Trinajstić information content (AvgIpc) is 3.26. The van der Waals surface area contributed by atoms with Crippen LogP contribution in [0, 0.1) is 29.9 Å². The lowest BCUT2D eigenvalue weighted by molar-refractivity contribution is 0.272. The average molecular weight is 495 g/mol. The molecule has 9 heteroatoms. The van der Waals surface area contributed by atoms with Gasteiger partial charge in [-0.3, -0.25) is 0 Å². The Morgan fingerprint density at radius 3 is 2.49 bits per heavy atom. The molecule has 35 heavy (non-hydrogen) atoms. The molecule has 0 aliphatic rings. The zero-order chi connectivity index (χ0) is 25.2. The number of ether oxygens (including phenoxy) is 2. The van der Waals surface area contributed by atoms with E-state index in [1.54, 1.807) is 25.1 Å². The molecular formula is C26H20F2N2O4S. The summed E-state index contributed by atoms with van der Waals surface area (Å²) >= 11 is 0. The SMILES string of the molecule is CCO/C=C/c1c(Oc2ccc(F)c(C#N)c2)c(F)cc2c1ccn2S(=O)(=O)c1ccc(C)cc1. The van der Waals surface area contributed by atoms with Gasteiger partial charge in [0, 0.05) is 29.3 Å². The van der Waals surface area contributed by atoms with Crippen LogP contribution in [-0.4, -0.2) is 19.0 Å². The first-order valence-corrected chi connectivity index (χ1v) is 12.0. The zero-order valence-electron chi connectivity index (χ0n) is 18.8. The maximum atomic E-state index is 15.4. The first-order valence-electron chi connectivity index (χ1n) is 10.6. The topological polar surface area (TPSA) is 81.3 Å². The predicted molar refractivity (Wildman–Crippen MR) is 128 cm³/mol. The van der Waals surface area contributed by atoms with Gasteiger partial charge in [0.1, 0.15) is 17.6 Å². The number of rotatable bonds is 7. The Bertz CT molecular complexity index is 1580. The molecule has 0 saturated heterocycles. The molecule has 0 radical (unpaired) electrons. The highest BCUT2D eigenvalue weighted by Crippen LogP contribution is 2.37. The van der Waals surface area contributed by atoms with E-state index in [2.05, 4.69) is 0 Å². The van der Waals surface area contributed by atoms with Crippen LogP contribution in [-0.2, 0) is 14.8 Å². The summed E-state index contributed by atoms with van der Waals surface area (Å²) in [6.07, 6.45) is 4.15. The Hall–Kier alpha value is -4.16. The van der Waals surface area contributed by atoms with Crippen LogP contribution < -0.4 is 4.74 Å². The number of halogens is 2. The predicted octanol–water partition coefficient (Wildman–Crippen LogP) is 6.14. The van der Waals surface area contributed by atoms with E-state index in [-0.39, 0.29) is 33.0 Å². The molecule has 3 aromatic carbocycles. The molecule has 4 aromatic rings. The molecule has 0 aliphatic carbocycles. The number of hydrogen-bond donors (Lipinski definition) is 0. The van der Waals surface area contributed by atoms with E-state index in [0.29, 0.717) is 12.0 Å². The number of aromatic nitrogens is 1. The summed E-state index contributed by atoms with van der Waals surface area (Å²) in [7, 11) is -4.01. The fraction of sp³-hybridized carbons (Fsp3) is 0.115. The maximum Gasteiger partial charge on any atom is 0.268 e. The fourth-order valence-electron chi connectivity index (χ4n) is 3.52. The van der Waals surface area contributed by atoms with Crippen molar-refractivity contribution in [2.45, 2.75) is 18.7 Å². The van der Waals surface area contributed by atoms with E-state index in [1.165, 1.54) is 42.8 Å². The molecule has 0 amide bonds. The molecule has 6 nitrogen and oxygen atoms in total. The van der Waals surface area contributed by atoms with Gasteiger partial charge in [-0.15, -0.1) is 0 Å². The zero-order valence-corrected chi connectivity index (χ0v) is 19.6. The summed E-state index contributed by atoms with van der Waals surface area (Å²) < 4.78 is 67.6. The van der Waals surface area contributed by atoms with Crippen molar-refractivity contribution in [3.8, 4) is 17.6 Å². The van der Waals surface area contributed by atoms with E-state index in [9.17, 15) is 12.8 Å². The van der Waals surface area contributed by atoms with Crippen molar-refractivity contribution in [2.24, 2.45) is 0 Å². The number of fused-ring (bicyclic) bond motifs is 1. The third-order valence-corrected chi connectivity index (χ3v) is 6.96. The van der Waals surface area contributed by atoms with Gasteiger partial charge in [-0.1, -0.05) is 17.7 Å². The standard InChI is InChI=1S/C26H20F2N2O4S/c1-3-33-13-11-22-21-10-12-30(35(31,32)20-7-4-17(2)5-8-20)25(21)15-24(28)26(22)34-19-6-9-23(27)18(14-19)16-29/h4-15H,3H2,1-2H3/b13-11+. The van der Waals surface area contributed by atoms with E-state index < -0.39 is 21.7 Å². The van der Waals surface area contributed by atoms with Crippen LogP contribution >= 0.6 is 0 Å². The molecule has 0 spiro atoms. The van der Waals surface area contributed by atoms with Crippen LogP contribution in [0.25, 0.3) is 17.0 Å². The summed E-state index contributed by atoms with van der Waals surface area (Å²) in [5.74, 6) is -1.77. The minimum absolute atomic E-state index is 0.0407. The molecule has 0 atom stereocenters. The highest BCUT2D eigenvalue weighted by molar-refractivity contribution is 7.90. The van der Waals surface area contributed by atoms with Crippen LogP contribution in [0.2, 0.25) is 0 Å². The van der Waals surface area contributed by atoms with Crippen molar-refractivity contribution in [1.29, 1.82) is 5.26 Å². The van der Waals surface area contributed by atoms with Crippen LogP contribution in [0.3, 0.4) is 0 Å². The molecule has 4 rings (SSSR count). The Morgan fingerprint density at radius 2 is 1.80 bits per heavy atom. The summed E-state index contributed by atoms with van der Waals surface area (Å²) in [6.45, 7) is 3.98. The first kappa shape index (κ1) is 24.0. The third-order valence-electron chi connectivity index (χ3n) is 5.26. The van der Waals surface area contributed by atoms with Crippen molar-refractivity contribution >= 4 is 27.0 Å². The van der Waals surface area contributed by atoms with Crippen LogP contribution in [0.5, 0.6) is 11.5 Å². The highest BCUT2D eigenvalue weighted by Gasteiger charge is 2.23. The summed E-state index contributed by atoms with van der Waals surface area (Å²) in [5.41, 5.74) is 0.959. The monoisotopic (exact) mass is 494 g/mol. The Morgan fingerprint density at radius 1 is 1.06 bits per heavy atom. The molecule has 0 fully saturated rings. The van der Waals surface area contributed by atoms with Gasteiger partial charge in [0.05, 0.1) is 28.8 Å². The van der Waals surface area contributed by atoms with Crippen molar-refractivity contribution in [2.75, 3.05) is 6.61 Å². The maximum absolute atomic E-state index is 15.4. The van der Waals surface area contributed by atoms with E-state index in [0.717, 1.165) is 27.7 Å². The lowest BCUT2D eigenvalue weighted by atomic mass is 10.1. The van der Waals surface area contributed by atoms with Gasteiger partial charge < -0.3 is 9.47 Å². The molecule has 1 heterocycles. The van der Waals surface area contributed by atoms with Crippen molar-refractivity contribution in [3.05, 3.63) is 95.4 Å². The van der Waals surface area contributed by atoms with E-state index in [4.69, 9.17) is 14.7 Å². The van der Waals surface area contributed by atoms with Gasteiger partial charge in [-0.05, 0) is 50.3 Å². The molecule has 0 saturated carbocycles. The number of hydrogen-bond acceptors (Lipinski definition) is 5. The van der Waals surface area contributed by atoms with Crippen molar-refractivity contribution in [1.82, 2.24) is 3.97 Å². The molecule has 178 valence electrons. The van der Waals surface area contributed by atoms with Gasteiger partial charge in [-0.25, -0.2) is 21.2 Å². The number of aryl methyl sites for hydroxylation is 1. The minimum atomic E-state index is -4.01. The largest absolute Gasteiger partial charge is 0.501 e. The lowest BCUT2D eigenvalue weighted by Crippen LogP contribution is -2.12. The van der Waals surface area contributed by atoms with Gasteiger partial charge in [0.15, 0.2) is 11.6 Å². The smallest absolute Gasteiger partial charge is 0.268 e. The molecule has 0 unspecified atom stereocenters. The summed E-state index contributed by atoms with van der Waals surface area (Å²) in [4.78, 5) is 0.0584. The van der Waals surface area contributed by atoms with Gasteiger partial charge in [-0.2, -0.15) is 5.26 Å². The van der Waals surface area contributed by atoms with Crippen molar-refractivity contribution < 1.29 is 26.7 Å². The Labute approximate surface area is 201 Å². The second kappa shape index (κ2) is 9.60. The number of benzene rings is 3. The van der Waals surface area contributed by atoms with E-state index in [1.807, 2.05) is 6.92 Å². The summed E-state index contributed by atoms with van der Waals surface area (Å²) in [6, 6.07) is 14.1. The lowest BCUT2D eigenvalue weighted by Gasteiger charge is -2.13. The summed E-state index contributed by atoms with van der Waals surface area (Å²) in [5, 5.41) is 9.47.